The van der Waals surface area contributed by atoms with Crippen molar-refractivity contribution in [3.05, 3.63) is 36.1 Å². The summed E-state index contributed by atoms with van der Waals surface area (Å²) in [7, 11) is 0. The number of nitrogens with one attached hydrogen (secondary N) is 1. The molecule has 96 valence electrons. The van der Waals surface area contributed by atoms with Gasteiger partial charge in [-0.05, 0) is 36.8 Å². The predicted octanol–water partition coefficient (Wildman–Crippen LogP) is 3.37. The Hall–Kier alpha value is -1.32. The number of hydrogen-bond donors (Lipinski definition) is 2. The van der Waals surface area contributed by atoms with Gasteiger partial charge in [-0.1, -0.05) is 31.5 Å². The van der Waals surface area contributed by atoms with Crippen molar-refractivity contribution in [3.63, 3.8) is 0 Å². The zero-order valence-corrected chi connectivity index (χ0v) is 10.7. The molecule has 3 rings (SSSR count). The topological polar surface area (TPSA) is 51.2 Å². The molecule has 3 heteroatoms. The largest absolute Gasteiger partial charge is 0.459 e. The van der Waals surface area contributed by atoms with Gasteiger partial charge < -0.3 is 4.42 Å². The van der Waals surface area contributed by atoms with E-state index < -0.39 is 0 Å². The Morgan fingerprint density at radius 2 is 2.17 bits per heavy atom. The molecule has 0 bridgehead atoms. The molecule has 1 aliphatic carbocycles. The quantitative estimate of drug-likeness (QED) is 0.643. The van der Waals surface area contributed by atoms with Crippen molar-refractivity contribution in [1.29, 1.82) is 0 Å². The first kappa shape index (κ1) is 11.8. The van der Waals surface area contributed by atoms with E-state index >= 15 is 0 Å². The van der Waals surface area contributed by atoms with Crippen LogP contribution in [0.3, 0.4) is 0 Å². The molecule has 0 spiro atoms. The molecular weight excluding hydrogens is 224 g/mol. The second-order valence-electron chi connectivity index (χ2n) is 5.51. The summed E-state index contributed by atoms with van der Waals surface area (Å²) in [6.45, 7) is 2.31. The Kier molecular flexibility index (Phi) is 3.10. The molecule has 2 aromatic rings. The fourth-order valence-electron chi connectivity index (χ4n) is 3.16. The average molecular weight is 244 g/mol. The van der Waals surface area contributed by atoms with Gasteiger partial charge in [0.25, 0.3) is 0 Å². The Morgan fingerprint density at radius 1 is 1.33 bits per heavy atom. The molecule has 1 aromatic carbocycles. The molecule has 0 aliphatic heterocycles. The second-order valence-corrected chi connectivity index (χ2v) is 5.51. The molecular formula is C15H20N2O. The van der Waals surface area contributed by atoms with E-state index in [1.807, 2.05) is 18.2 Å². The summed E-state index contributed by atoms with van der Waals surface area (Å²) < 4.78 is 5.93. The van der Waals surface area contributed by atoms with Gasteiger partial charge in [-0.15, -0.1) is 0 Å². The third-order valence-electron chi connectivity index (χ3n) is 4.14. The van der Waals surface area contributed by atoms with Crippen molar-refractivity contribution < 1.29 is 4.42 Å². The van der Waals surface area contributed by atoms with Crippen LogP contribution in [0.1, 0.15) is 38.0 Å². The highest BCUT2D eigenvalue weighted by atomic mass is 16.3. The van der Waals surface area contributed by atoms with E-state index in [1.54, 1.807) is 0 Å². The minimum Gasteiger partial charge on any atom is -0.459 e. The van der Waals surface area contributed by atoms with Crippen LogP contribution in [0.4, 0.5) is 0 Å². The van der Waals surface area contributed by atoms with Crippen LogP contribution in [0.5, 0.6) is 0 Å². The molecule has 1 aromatic heterocycles. The van der Waals surface area contributed by atoms with Gasteiger partial charge in [0.15, 0.2) is 0 Å². The number of para-hydroxylation sites is 1. The van der Waals surface area contributed by atoms with Gasteiger partial charge in [0.2, 0.25) is 0 Å². The highest BCUT2D eigenvalue weighted by molar-refractivity contribution is 5.77. The molecule has 0 saturated heterocycles. The van der Waals surface area contributed by atoms with Gasteiger partial charge in [0.1, 0.15) is 11.3 Å². The van der Waals surface area contributed by atoms with Crippen LogP contribution in [-0.2, 0) is 0 Å². The third-order valence-corrected chi connectivity index (χ3v) is 4.14. The second kappa shape index (κ2) is 4.75. The van der Waals surface area contributed by atoms with Crippen molar-refractivity contribution in [2.24, 2.45) is 17.7 Å². The normalized spacial score (nSPS) is 25.7. The number of rotatable bonds is 3. The highest BCUT2D eigenvalue weighted by Crippen LogP contribution is 2.39. The summed E-state index contributed by atoms with van der Waals surface area (Å²) in [5.41, 5.74) is 3.89. The Bertz CT molecular complexity index is 501. The summed E-state index contributed by atoms with van der Waals surface area (Å²) in [5.74, 6) is 8.10. The molecule has 1 fully saturated rings. The number of hydrogen-bond acceptors (Lipinski definition) is 3. The van der Waals surface area contributed by atoms with Crippen LogP contribution in [0.25, 0.3) is 11.0 Å². The van der Waals surface area contributed by atoms with Gasteiger partial charge >= 0.3 is 0 Å². The third kappa shape index (κ3) is 2.04. The molecule has 18 heavy (non-hydrogen) atoms. The van der Waals surface area contributed by atoms with Crippen molar-refractivity contribution in [3.8, 4) is 0 Å². The van der Waals surface area contributed by atoms with Crippen LogP contribution in [0, 0.1) is 11.8 Å². The maximum absolute atomic E-state index is 5.93. The maximum atomic E-state index is 5.93. The number of nitrogens with two attached hydrogens (primary N) is 1. The lowest BCUT2D eigenvalue weighted by atomic mass is 9.95. The molecule has 1 saturated carbocycles. The Balaban J connectivity index is 1.91. The maximum Gasteiger partial charge on any atom is 0.134 e. The molecule has 3 unspecified atom stereocenters. The fourth-order valence-corrected chi connectivity index (χ4v) is 3.16. The molecule has 1 aliphatic rings. The lowest BCUT2D eigenvalue weighted by molar-refractivity contribution is 0.317. The first-order chi connectivity index (χ1) is 8.78. The molecule has 3 nitrogen and oxygen atoms in total. The molecule has 3 N–H and O–H groups in total. The molecule has 0 radical (unpaired) electrons. The lowest BCUT2D eigenvalue weighted by Gasteiger charge is -2.20. The lowest BCUT2D eigenvalue weighted by Crippen LogP contribution is -2.32. The van der Waals surface area contributed by atoms with Crippen molar-refractivity contribution in [2.75, 3.05) is 0 Å². The number of fused-ring (bicyclic) bond motifs is 1. The highest BCUT2D eigenvalue weighted by Gasteiger charge is 2.31. The van der Waals surface area contributed by atoms with Crippen molar-refractivity contribution >= 4 is 11.0 Å². The van der Waals surface area contributed by atoms with E-state index in [9.17, 15) is 0 Å². The SMILES string of the molecule is CC1CCC(C(NN)c2cc3ccccc3o2)C1. The summed E-state index contributed by atoms with van der Waals surface area (Å²) in [4.78, 5) is 0. The summed E-state index contributed by atoms with van der Waals surface area (Å²) in [5, 5.41) is 1.15. The summed E-state index contributed by atoms with van der Waals surface area (Å²) in [6, 6.07) is 10.4. The van der Waals surface area contributed by atoms with E-state index in [-0.39, 0.29) is 6.04 Å². The van der Waals surface area contributed by atoms with E-state index in [2.05, 4.69) is 24.5 Å². The number of benzene rings is 1. The summed E-state index contributed by atoms with van der Waals surface area (Å²) in [6.07, 6.45) is 3.75. The van der Waals surface area contributed by atoms with E-state index in [0.29, 0.717) is 5.92 Å². The van der Waals surface area contributed by atoms with E-state index in [4.69, 9.17) is 10.3 Å². The van der Waals surface area contributed by atoms with Gasteiger partial charge in [-0.2, -0.15) is 0 Å². The summed E-state index contributed by atoms with van der Waals surface area (Å²) >= 11 is 0. The number of furan rings is 1. The zero-order chi connectivity index (χ0) is 12.5. The first-order valence-corrected chi connectivity index (χ1v) is 6.72. The van der Waals surface area contributed by atoms with Crippen LogP contribution in [-0.4, -0.2) is 0 Å². The first-order valence-electron chi connectivity index (χ1n) is 6.72. The minimum atomic E-state index is 0.141. The number of hydrazine groups is 1. The van der Waals surface area contributed by atoms with Gasteiger partial charge in [-0.3, -0.25) is 5.84 Å². The van der Waals surface area contributed by atoms with Gasteiger partial charge in [-0.25, -0.2) is 5.43 Å². The van der Waals surface area contributed by atoms with Gasteiger partial charge in [0, 0.05) is 5.39 Å². The van der Waals surface area contributed by atoms with E-state index in [0.717, 1.165) is 22.6 Å². The van der Waals surface area contributed by atoms with E-state index in [1.165, 1.54) is 19.3 Å². The van der Waals surface area contributed by atoms with Crippen LogP contribution in [0.15, 0.2) is 34.7 Å². The standard InChI is InChI=1S/C15H20N2O/c1-10-6-7-12(8-10)15(17-16)14-9-11-4-2-3-5-13(11)18-14/h2-5,9-10,12,15,17H,6-8,16H2,1H3. The van der Waals surface area contributed by atoms with Crippen LogP contribution >= 0.6 is 0 Å². The Labute approximate surface area is 107 Å². The van der Waals surface area contributed by atoms with Crippen molar-refractivity contribution in [2.45, 2.75) is 32.2 Å². The van der Waals surface area contributed by atoms with Crippen LogP contribution in [0.2, 0.25) is 0 Å². The predicted molar refractivity (Wildman–Crippen MR) is 72.8 cm³/mol. The zero-order valence-electron chi connectivity index (χ0n) is 10.7. The fraction of sp³-hybridized carbons (Fsp3) is 0.467. The van der Waals surface area contributed by atoms with Crippen LogP contribution < -0.4 is 11.3 Å². The Morgan fingerprint density at radius 3 is 2.83 bits per heavy atom. The smallest absolute Gasteiger partial charge is 0.134 e. The minimum absolute atomic E-state index is 0.141. The average Bonchev–Trinajstić information content (AvgIpc) is 2.96. The van der Waals surface area contributed by atoms with Gasteiger partial charge in [0.05, 0.1) is 6.04 Å². The molecule has 0 amide bonds. The molecule has 1 heterocycles. The molecule has 3 atom stereocenters. The monoisotopic (exact) mass is 244 g/mol. The van der Waals surface area contributed by atoms with Crippen molar-refractivity contribution in [1.82, 2.24) is 5.43 Å².